The lowest BCUT2D eigenvalue weighted by Crippen LogP contribution is -2.14. The van der Waals surface area contributed by atoms with E-state index in [1.54, 1.807) is 13.1 Å². The molecule has 1 fully saturated rings. The molecule has 3 heteroatoms. The summed E-state index contributed by atoms with van der Waals surface area (Å²) in [6.45, 7) is 6.03. The third-order valence-corrected chi connectivity index (χ3v) is 3.87. The number of aryl methyl sites for hydroxylation is 1. The van der Waals surface area contributed by atoms with Crippen LogP contribution in [0.1, 0.15) is 68.6 Å². The molecule has 3 nitrogen and oxygen atoms in total. The normalized spacial score (nSPS) is 26.8. The van der Waals surface area contributed by atoms with E-state index in [4.69, 9.17) is 0 Å². The van der Waals surface area contributed by atoms with E-state index in [1.165, 1.54) is 25.7 Å². The maximum absolute atomic E-state index is 9.56. The van der Waals surface area contributed by atoms with E-state index in [1.807, 2.05) is 6.92 Å². The Morgan fingerprint density at radius 2 is 1.94 bits per heavy atom. The van der Waals surface area contributed by atoms with Crippen LogP contribution in [0.25, 0.3) is 0 Å². The SMILES string of the molecule is Cc1nc(C2CCC(C)CC2)ncc1C(C)O. The molecule has 0 spiro atoms. The van der Waals surface area contributed by atoms with Crippen LogP contribution in [-0.2, 0) is 0 Å². The Labute approximate surface area is 103 Å². The fraction of sp³-hybridized carbons (Fsp3) is 0.714. The topological polar surface area (TPSA) is 46.0 Å². The summed E-state index contributed by atoms with van der Waals surface area (Å²) in [5, 5.41) is 9.56. The molecule has 0 radical (unpaired) electrons. The highest BCUT2D eigenvalue weighted by molar-refractivity contribution is 5.19. The summed E-state index contributed by atoms with van der Waals surface area (Å²) in [5.74, 6) is 2.34. The zero-order valence-electron chi connectivity index (χ0n) is 11.0. The van der Waals surface area contributed by atoms with Crippen molar-refractivity contribution < 1.29 is 5.11 Å². The minimum Gasteiger partial charge on any atom is -0.389 e. The Kier molecular flexibility index (Phi) is 3.77. The van der Waals surface area contributed by atoms with Crippen LogP contribution >= 0.6 is 0 Å². The van der Waals surface area contributed by atoms with E-state index in [0.29, 0.717) is 5.92 Å². The van der Waals surface area contributed by atoms with Gasteiger partial charge in [0, 0.05) is 23.4 Å². The molecule has 94 valence electrons. The predicted octanol–water partition coefficient (Wildman–Crippen LogP) is 3.13. The number of aliphatic hydroxyl groups is 1. The molecule has 0 bridgehead atoms. The standard InChI is InChI=1S/C14H22N2O/c1-9-4-6-12(7-5-9)14-15-8-13(11(3)17)10(2)16-14/h8-9,11-12,17H,4-7H2,1-3H3. The number of rotatable bonds is 2. The van der Waals surface area contributed by atoms with Crippen molar-refractivity contribution in [1.29, 1.82) is 0 Å². The molecule has 1 aromatic heterocycles. The average molecular weight is 234 g/mol. The van der Waals surface area contributed by atoms with Crippen molar-refractivity contribution in [3.63, 3.8) is 0 Å². The van der Waals surface area contributed by atoms with Crippen molar-refractivity contribution in [2.24, 2.45) is 5.92 Å². The molecule has 1 atom stereocenters. The molecule has 0 aromatic carbocycles. The van der Waals surface area contributed by atoms with Gasteiger partial charge in [0.2, 0.25) is 0 Å². The molecule has 1 saturated carbocycles. The molecule has 0 aliphatic heterocycles. The number of hydrogen-bond acceptors (Lipinski definition) is 3. The van der Waals surface area contributed by atoms with Gasteiger partial charge in [-0.15, -0.1) is 0 Å². The van der Waals surface area contributed by atoms with Crippen LogP contribution in [-0.4, -0.2) is 15.1 Å². The van der Waals surface area contributed by atoms with Gasteiger partial charge in [-0.2, -0.15) is 0 Å². The summed E-state index contributed by atoms with van der Waals surface area (Å²) in [5.41, 5.74) is 1.77. The third kappa shape index (κ3) is 2.83. The van der Waals surface area contributed by atoms with Crippen LogP contribution in [0.4, 0.5) is 0 Å². The maximum Gasteiger partial charge on any atom is 0.131 e. The number of hydrogen-bond donors (Lipinski definition) is 1. The lowest BCUT2D eigenvalue weighted by molar-refractivity contribution is 0.197. The first-order valence-corrected chi connectivity index (χ1v) is 6.59. The van der Waals surface area contributed by atoms with Gasteiger partial charge in [-0.05, 0) is 32.6 Å². The van der Waals surface area contributed by atoms with Crippen LogP contribution in [0.5, 0.6) is 0 Å². The van der Waals surface area contributed by atoms with Gasteiger partial charge in [0.25, 0.3) is 0 Å². The molecular formula is C14H22N2O. The first-order chi connectivity index (χ1) is 8.08. The minimum absolute atomic E-state index is 0.476. The van der Waals surface area contributed by atoms with Crippen molar-refractivity contribution in [1.82, 2.24) is 9.97 Å². The molecule has 0 saturated heterocycles. The summed E-state index contributed by atoms with van der Waals surface area (Å²) in [7, 11) is 0. The fourth-order valence-corrected chi connectivity index (χ4v) is 2.62. The van der Waals surface area contributed by atoms with Crippen molar-refractivity contribution in [3.8, 4) is 0 Å². The number of aromatic nitrogens is 2. The van der Waals surface area contributed by atoms with Crippen molar-refractivity contribution in [2.45, 2.75) is 58.5 Å². The van der Waals surface area contributed by atoms with Gasteiger partial charge >= 0.3 is 0 Å². The van der Waals surface area contributed by atoms with Gasteiger partial charge in [-0.1, -0.05) is 19.8 Å². The van der Waals surface area contributed by atoms with Gasteiger partial charge in [0.1, 0.15) is 5.82 Å². The van der Waals surface area contributed by atoms with E-state index in [0.717, 1.165) is 23.0 Å². The van der Waals surface area contributed by atoms with E-state index in [2.05, 4.69) is 16.9 Å². The van der Waals surface area contributed by atoms with Gasteiger partial charge in [-0.25, -0.2) is 9.97 Å². The molecule has 1 aliphatic carbocycles. The molecule has 1 aliphatic rings. The summed E-state index contributed by atoms with van der Waals surface area (Å²) in [4.78, 5) is 9.01. The largest absolute Gasteiger partial charge is 0.389 e. The van der Waals surface area contributed by atoms with Crippen molar-refractivity contribution in [3.05, 3.63) is 23.3 Å². The first-order valence-electron chi connectivity index (χ1n) is 6.59. The zero-order chi connectivity index (χ0) is 12.4. The molecule has 1 aromatic rings. The van der Waals surface area contributed by atoms with Gasteiger partial charge in [0.15, 0.2) is 0 Å². The minimum atomic E-state index is -0.476. The van der Waals surface area contributed by atoms with E-state index >= 15 is 0 Å². The van der Waals surface area contributed by atoms with Crippen LogP contribution in [0.15, 0.2) is 6.20 Å². The highest BCUT2D eigenvalue weighted by Crippen LogP contribution is 2.34. The van der Waals surface area contributed by atoms with Crippen LogP contribution in [0, 0.1) is 12.8 Å². The summed E-state index contributed by atoms with van der Waals surface area (Å²) < 4.78 is 0. The fourth-order valence-electron chi connectivity index (χ4n) is 2.62. The van der Waals surface area contributed by atoms with Crippen LogP contribution in [0.3, 0.4) is 0 Å². The second-order valence-electron chi connectivity index (χ2n) is 5.40. The Hall–Kier alpha value is -0.960. The second kappa shape index (κ2) is 5.13. The molecule has 1 unspecified atom stereocenters. The predicted molar refractivity (Wildman–Crippen MR) is 67.8 cm³/mol. The van der Waals surface area contributed by atoms with E-state index < -0.39 is 6.10 Å². The monoisotopic (exact) mass is 234 g/mol. The average Bonchev–Trinajstić information content (AvgIpc) is 2.29. The Morgan fingerprint density at radius 3 is 2.47 bits per heavy atom. The third-order valence-electron chi connectivity index (χ3n) is 3.87. The summed E-state index contributed by atoms with van der Waals surface area (Å²) >= 11 is 0. The Balaban J connectivity index is 2.14. The molecular weight excluding hydrogens is 212 g/mol. The number of aliphatic hydroxyl groups excluding tert-OH is 1. The van der Waals surface area contributed by atoms with Crippen molar-refractivity contribution in [2.75, 3.05) is 0 Å². The summed E-state index contributed by atoms with van der Waals surface area (Å²) in [6.07, 6.45) is 6.29. The summed E-state index contributed by atoms with van der Waals surface area (Å²) in [6, 6.07) is 0. The molecule has 2 rings (SSSR count). The highest BCUT2D eigenvalue weighted by Gasteiger charge is 2.22. The maximum atomic E-state index is 9.56. The molecule has 1 heterocycles. The number of nitrogens with zero attached hydrogens (tertiary/aromatic N) is 2. The Morgan fingerprint density at radius 1 is 1.29 bits per heavy atom. The van der Waals surface area contributed by atoms with Gasteiger partial charge in [0.05, 0.1) is 6.10 Å². The quantitative estimate of drug-likeness (QED) is 0.855. The van der Waals surface area contributed by atoms with Crippen LogP contribution in [0.2, 0.25) is 0 Å². The molecule has 0 amide bonds. The smallest absolute Gasteiger partial charge is 0.131 e. The lowest BCUT2D eigenvalue weighted by atomic mass is 9.82. The van der Waals surface area contributed by atoms with Gasteiger partial charge < -0.3 is 5.11 Å². The highest BCUT2D eigenvalue weighted by atomic mass is 16.3. The molecule has 1 N–H and O–H groups in total. The van der Waals surface area contributed by atoms with Crippen LogP contribution < -0.4 is 0 Å². The Bertz CT molecular complexity index is 382. The first kappa shape index (κ1) is 12.5. The lowest BCUT2D eigenvalue weighted by Gasteiger charge is -2.25. The molecule has 17 heavy (non-hydrogen) atoms. The van der Waals surface area contributed by atoms with E-state index in [9.17, 15) is 5.11 Å². The zero-order valence-corrected chi connectivity index (χ0v) is 11.0. The van der Waals surface area contributed by atoms with Crippen molar-refractivity contribution >= 4 is 0 Å². The second-order valence-corrected chi connectivity index (χ2v) is 5.40. The van der Waals surface area contributed by atoms with E-state index in [-0.39, 0.29) is 0 Å². The van der Waals surface area contributed by atoms with Gasteiger partial charge in [-0.3, -0.25) is 0 Å².